The van der Waals surface area contributed by atoms with Gasteiger partial charge in [0.15, 0.2) is 5.78 Å². The molecule has 0 fully saturated rings. The Morgan fingerprint density at radius 3 is 2.96 bits per heavy atom. The van der Waals surface area contributed by atoms with Gasteiger partial charge in [0.25, 0.3) is 0 Å². The Hall–Kier alpha value is -1.91. The average molecular weight is 345 g/mol. The van der Waals surface area contributed by atoms with E-state index in [9.17, 15) is 4.79 Å². The quantitative estimate of drug-likeness (QED) is 0.644. The normalized spacial score (nSPS) is 13.9. The number of Topliss-reactive ketones (excluding diaryl/α,β-unsaturated/α-hetero) is 1. The van der Waals surface area contributed by atoms with Gasteiger partial charge in [-0.3, -0.25) is 9.78 Å². The zero-order valence-corrected chi connectivity index (χ0v) is 14.3. The van der Waals surface area contributed by atoms with Crippen molar-refractivity contribution in [2.75, 3.05) is 19.7 Å². The number of carbonyl (C=O) groups is 1. The first-order valence-electron chi connectivity index (χ1n) is 8.32. The second kappa shape index (κ2) is 8.27. The minimum atomic E-state index is 0.0916. The van der Waals surface area contributed by atoms with Crippen LogP contribution in [0.2, 0.25) is 5.02 Å². The van der Waals surface area contributed by atoms with Gasteiger partial charge in [0, 0.05) is 29.9 Å². The van der Waals surface area contributed by atoms with Crippen molar-refractivity contribution in [2.24, 2.45) is 0 Å². The molecular formula is C19H21ClN2O2. The molecule has 1 N–H and O–H groups in total. The molecule has 1 aliphatic rings. The third kappa shape index (κ3) is 4.13. The summed E-state index contributed by atoms with van der Waals surface area (Å²) in [6, 6.07) is 7.55. The summed E-state index contributed by atoms with van der Waals surface area (Å²) in [7, 11) is 0. The molecule has 0 bridgehead atoms. The van der Waals surface area contributed by atoms with Gasteiger partial charge >= 0.3 is 0 Å². The first-order valence-corrected chi connectivity index (χ1v) is 8.70. The Labute approximate surface area is 147 Å². The molecular weight excluding hydrogens is 324 g/mol. The summed E-state index contributed by atoms with van der Waals surface area (Å²) < 4.78 is 5.95. The van der Waals surface area contributed by atoms with E-state index in [-0.39, 0.29) is 5.78 Å². The van der Waals surface area contributed by atoms with Crippen molar-refractivity contribution in [3.63, 3.8) is 0 Å². The number of ketones is 1. The number of halogens is 1. The number of aromatic nitrogens is 1. The minimum absolute atomic E-state index is 0.0916. The van der Waals surface area contributed by atoms with Crippen LogP contribution in [0.1, 0.15) is 34.3 Å². The molecule has 24 heavy (non-hydrogen) atoms. The molecule has 5 heteroatoms. The number of nitrogens with zero attached hydrogens (tertiary/aromatic N) is 1. The number of rotatable bonds is 6. The van der Waals surface area contributed by atoms with Crippen molar-refractivity contribution in [1.29, 1.82) is 0 Å². The van der Waals surface area contributed by atoms with Crippen molar-refractivity contribution in [2.45, 2.75) is 25.7 Å². The molecule has 1 aromatic heterocycles. The molecule has 126 valence electrons. The van der Waals surface area contributed by atoms with Crippen LogP contribution in [0.25, 0.3) is 0 Å². The molecule has 0 aliphatic carbocycles. The van der Waals surface area contributed by atoms with Crippen LogP contribution in [-0.2, 0) is 12.8 Å². The standard InChI is InChI=1S/C19H21ClN2O2/c20-17-6-5-14-7-10-21-11-8-16(14)19(17)24-12-2-4-18(23)15-3-1-9-22-13-15/h1,3,5-6,9,13,21H,2,4,7-8,10-12H2. The molecule has 0 saturated heterocycles. The van der Waals surface area contributed by atoms with Crippen LogP contribution in [0.4, 0.5) is 0 Å². The van der Waals surface area contributed by atoms with Crippen LogP contribution >= 0.6 is 11.6 Å². The van der Waals surface area contributed by atoms with Crippen LogP contribution < -0.4 is 10.1 Å². The molecule has 0 spiro atoms. The first-order chi connectivity index (χ1) is 11.8. The summed E-state index contributed by atoms with van der Waals surface area (Å²) in [5, 5.41) is 4.04. The summed E-state index contributed by atoms with van der Waals surface area (Å²) in [5.74, 6) is 0.876. The highest BCUT2D eigenvalue weighted by Gasteiger charge is 2.16. The fourth-order valence-electron chi connectivity index (χ4n) is 2.94. The Kier molecular flexibility index (Phi) is 5.83. The van der Waals surface area contributed by atoms with E-state index in [0.717, 1.165) is 31.7 Å². The van der Waals surface area contributed by atoms with E-state index in [0.29, 0.717) is 30.0 Å². The average Bonchev–Trinajstić information content (AvgIpc) is 2.86. The SMILES string of the molecule is O=C(CCCOc1c(Cl)ccc2c1CCNCC2)c1cccnc1. The van der Waals surface area contributed by atoms with E-state index in [1.54, 1.807) is 24.5 Å². The van der Waals surface area contributed by atoms with Gasteiger partial charge in [-0.2, -0.15) is 0 Å². The van der Waals surface area contributed by atoms with Gasteiger partial charge in [0.2, 0.25) is 0 Å². The van der Waals surface area contributed by atoms with Crippen molar-refractivity contribution in [3.05, 3.63) is 58.4 Å². The maximum absolute atomic E-state index is 12.1. The van der Waals surface area contributed by atoms with E-state index in [4.69, 9.17) is 16.3 Å². The molecule has 0 unspecified atom stereocenters. The molecule has 3 rings (SSSR count). The number of hydrogen-bond acceptors (Lipinski definition) is 4. The van der Waals surface area contributed by atoms with E-state index in [1.165, 1.54) is 11.1 Å². The monoisotopic (exact) mass is 344 g/mol. The summed E-state index contributed by atoms with van der Waals surface area (Å²) in [6.07, 6.45) is 6.27. The van der Waals surface area contributed by atoms with E-state index in [2.05, 4.69) is 16.4 Å². The van der Waals surface area contributed by atoms with Gasteiger partial charge in [-0.1, -0.05) is 17.7 Å². The Balaban J connectivity index is 1.58. The molecule has 2 heterocycles. The lowest BCUT2D eigenvalue weighted by atomic mass is 10.0. The lowest BCUT2D eigenvalue weighted by molar-refractivity contribution is 0.0973. The van der Waals surface area contributed by atoms with E-state index >= 15 is 0 Å². The smallest absolute Gasteiger partial charge is 0.164 e. The second-order valence-corrected chi connectivity index (χ2v) is 6.29. The van der Waals surface area contributed by atoms with Crippen LogP contribution in [0, 0.1) is 0 Å². The van der Waals surface area contributed by atoms with Crippen LogP contribution in [-0.4, -0.2) is 30.5 Å². The van der Waals surface area contributed by atoms with Crippen molar-refractivity contribution in [1.82, 2.24) is 10.3 Å². The second-order valence-electron chi connectivity index (χ2n) is 5.88. The lowest BCUT2D eigenvalue weighted by Crippen LogP contribution is -2.16. The van der Waals surface area contributed by atoms with Crippen LogP contribution in [0.5, 0.6) is 5.75 Å². The zero-order chi connectivity index (χ0) is 16.8. The molecule has 4 nitrogen and oxygen atoms in total. The lowest BCUT2D eigenvalue weighted by Gasteiger charge is -2.15. The fraction of sp³-hybridized carbons (Fsp3) is 0.368. The maximum Gasteiger partial charge on any atom is 0.164 e. The number of carbonyl (C=O) groups excluding carboxylic acids is 1. The molecule has 1 aliphatic heterocycles. The highest BCUT2D eigenvalue weighted by Crippen LogP contribution is 2.33. The Bertz CT molecular complexity index is 704. The highest BCUT2D eigenvalue weighted by molar-refractivity contribution is 6.32. The summed E-state index contributed by atoms with van der Waals surface area (Å²) in [5.41, 5.74) is 3.15. The predicted molar refractivity (Wildman–Crippen MR) is 95.0 cm³/mol. The maximum atomic E-state index is 12.1. The summed E-state index contributed by atoms with van der Waals surface area (Å²) in [4.78, 5) is 16.0. The number of ether oxygens (including phenoxy) is 1. The van der Waals surface area contributed by atoms with Gasteiger partial charge < -0.3 is 10.1 Å². The Morgan fingerprint density at radius 1 is 1.25 bits per heavy atom. The molecule has 0 radical (unpaired) electrons. The van der Waals surface area contributed by atoms with Gasteiger partial charge in [-0.05, 0) is 56.1 Å². The largest absolute Gasteiger partial charge is 0.492 e. The van der Waals surface area contributed by atoms with Gasteiger partial charge in [-0.15, -0.1) is 0 Å². The molecule has 0 atom stereocenters. The van der Waals surface area contributed by atoms with E-state index in [1.807, 2.05) is 6.07 Å². The number of hydrogen-bond donors (Lipinski definition) is 1. The van der Waals surface area contributed by atoms with Gasteiger partial charge in [-0.25, -0.2) is 0 Å². The van der Waals surface area contributed by atoms with E-state index < -0.39 is 0 Å². The first kappa shape index (κ1) is 16.9. The topological polar surface area (TPSA) is 51.2 Å². The number of benzene rings is 1. The molecule has 0 saturated carbocycles. The van der Waals surface area contributed by atoms with Crippen LogP contribution in [0.15, 0.2) is 36.7 Å². The fourth-order valence-corrected chi connectivity index (χ4v) is 3.18. The number of nitrogens with one attached hydrogen (secondary N) is 1. The van der Waals surface area contributed by atoms with Crippen molar-refractivity contribution in [3.8, 4) is 5.75 Å². The van der Waals surface area contributed by atoms with Crippen LogP contribution in [0.3, 0.4) is 0 Å². The number of fused-ring (bicyclic) bond motifs is 1. The third-order valence-electron chi connectivity index (χ3n) is 4.21. The Morgan fingerprint density at radius 2 is 2.12 bits per heavy atom. The highest BCUT2D eigenvalue weighted by atomic mass is 35.5. The molecule has 0 amide bonds. The molecule has 2 aromatic rings. The van der Waals surface area contributed by atoms with Gasteiger partial charge in [0.05, 0.1) is 11.6 Å². The number of pyridine rings is 1. The zero-order valence-electron chi connectivity index (χ0n) is 13.6. The third-order valence-corrected chi connectivity index (χ3v) is 4.51. The van der Waals surface area contributed by atoms with Gasteiger partial charge in [0.1, 0.15) is 5.75 Å². The summed E-state index contributed by atoms with van der Waals surface area (Å²) >= 11 is 6.33. The summed E-state index contributed by atoms with van der Waals surface area (Å²) in [6.45, 7) is 2.40. The predicted octanol–water partition coefficient (Wildman–Crippen LogP) is 3.47. The van der Waals surface area contributed by atoms with Crippen molar-refractivity contribution >= 4 is 17.4 Å². The van der Waals surface area contributed by atoms with Crippen molar-refractivity contribution < 1.29 is 9.53 Å². The minimum Gasteiger partial charge on any atom is -0.492 e. The molecule has 1 aromatic carbocycles.